The lowest BCUT2D eigenvalue weighted by Crippen LogP contribution is -2.37. The van der Waals surface area contributed by atoms with Crippen molar-refractivity contribution in [2.45, 2.75) is 57.8 Å². The van der Waals surface area contributed by atoms with Gasteiger partial charge in [0.15, 0.2) is 0 Å². The Kier molecular flexibility index (Phi) is 4.65. The third-order valence-electron chi connectivity index (χ3n) is 6.26. The van der Waals surface area contributed by atoms with Crippen LogP contribution < -0.4 is 11.1 Å². The molecule has 0 aromatic rings. The van der Waals surface area contributed by atoms with Crippen LogP contribution in [0, 0.1) is 29.6 Å². The van der Waals surface area contributed by atoms with Crippen LogP contribution in [-0.4, -0.2) is 19.0 Å². The molecule has 0 aromatic heterocycles. The van der Waals surface area contributed by atoms with Crippen LogP contribution in [-0.2, 0) is 4.79 Å². The Morgan fingerprint density at radius 1 is 1.00 bits per heavy atom. The Balaban J connectivity index is 1.40. The van der Waals surface area contributed by atoms with Gasteiger partial charge in [-0.25, -0.2) is 0 Å². The van der Waals surface area contributed by atoms with Crippen LogP contribution >= 0.6 is 0 Å². The molecular weight excluding hydrogens is 248 g/mol. The lowest BCUT2D eigenvalue weighted by molar-refractivity contribution is -0.122. The Bertz CT molecular complexity index is 344. The normalized spacial score (nSPS) is 40.0. The van der Waals surface area contributed by atoms with E-state index in [1.807, 2.05) is 0 Å². The number of fused-ring (bicyclic) bond motifs is 2. The van der Waals surface area contributed by atoms with Crippen LogP contribution in [0.5, 0.6) is 0 Å². The minimum atomic E-state index is 0.295. The van der Waals surface area contributed by atoms with Gasteiger partial charge in [0.05, 0.1) is 0 Å². The number of hydrogen-bond donors (Lipinski definition) is 2. The van der Waals surface area contributed by atoms with Gasteiger partial charge in [0.25, 0.3) is 0 Å². The van der Waals surface area contributed by atoms with Crippen molar-refractivity contribution in [3.8, 4) is 0 Å². The fourth-order valence-electron chi connectivity index (χ4n) is 5.05. The molecule has 3 aliphatic rings. The summed E-state index contributed by atoms with van der Waals surface area (Å²) in [7, 11) is 0. The highest BCUT2D eigenvalue weighted by Gasteiger charge is 2.40. The first-order chi connectivity index (χ1) is 9.76. The van der Waals surface area contributed by atoms with E-state index >= 15 is 0 Å². The summed E-state index contributed by atoms with van der Waals surface area (Å²) in [6.45, 7) is 1.65. The lowest BCUT2D eigenvalue weighted by atomic mass is 9.79. The molecule has 3 heteroatoms. The zero-order valence-electron chi connectivity index (χ0n) is 12.7. The van der Waals surface area contributed by atoms with E-state index in [1.165, 1.54) is 51.4 Å². The van der Waals surface area contributed by atoms with Crippen molar-refractivity contribution >= 4 is 5.91 Å². The predicted octanol–water partition coefficient (Wildman–Crippen LogP) is 2.69. The topological polar surface area (TPSA) is 55.1 Å². The molecule has 3 rings (SSSR count). The maximum atomic E-state index is 12.2. The average Bonchev–Trinajstić information content (AvgIpc) is 3.08. The summed E-state index contributed by atoms with van der Waals surface area (Å²) in [4.78, 5) is 12.2. The Morgan fingerprint density at radius 3 is 2.45 bits per heavy atom. The first-order valence-electron chi connectivity index (χ1n) is 8.73. The van der Waals surface area contributed by atoms with Gasteiger partial charge < -0.3 is 11.1 Å². The Labute approximate surface area is 123 Å². The van der Waals surface area contributed by atoms with Crippen molar-refractivity contribution in [3.05, 3.63) is 0 Å². The number of rotatable bonds is 5. The van der Waals surface area contributed by atoms with Crippen LogP contribution in [0.15, 0.2) is 0 Å². The summed E-state index contributed by atoms with van der Waals surface area (Å²) in [6.07, 6.45) is 11.4. The first kappa shape index (κ1) is 14.4. The van der Waals surface area contributed by atoms with Crippen LogP contribution in [0.4, 0.5) is 0 Å². The first-order valence-corrected chi connectivity index (χ1v) is 8.73. The van der Waals surface area contributed by atoms with Crippen LogP contribution in [0.25, 0.3) is 0 Å². The number of carbonyl (C=O) groups excluding carboxylic acids is 1. The quantitative estimate of drug-likeness (QED) is 0.812. The summed E-state index contributed by atoms with van der Waals surface area (Å²) in [5.41, 5.74) is 5.86. The van der Waals surface area contributed by atoms with Gasteiger partial charge >= 0.3 is 0 Å². The molecule has 5 unspecified atom stereocenters. The molecule has 0 saturated heterocycles. The van der Waals surface area contributed by atoms with Crippen LogP contribution in [0.3, 0.4) is 0 Å². The molecule has 1 amide bonds. The standard InChI is InChI=1S/C17H30N2O/c18-10-14-3-1-2-4-15(14)11-19-17(20)9-16-8-12-5-6-13(16)7-12/h12-16H,1-11,18H2,(H,19,20). The van der Waals surface area contributed by atoms with Crippen molar-refractivity contribution in [2.24, 2.45) is 35.3 Å². The number of carbonyl (C=O) groups is 1. The minimum Gasteiger partial charge on any atom is -0.356 e. The van der Waals surface area contributed by atoms with Crippen molar-refractivity contribution in [3.63, 3.8) is 0 Å². The monoisotopic (exact) mass is 278 g/mol. The van der Waals surface area contributed by atoms with Gasteiger partial charge in [-0.1, -0.05) is 19.3 Å². The number of nitrogens with two attached hydrogens (primary N) is 1. The average molecular weight is 278 g/mol. The highest BCUT2D eigenvalue weighted by atomic mass is 16.1. The molecule has 0 heterocycles. The zero-order chi connectivity index (χ0) is 13.9. The van der Waals surface area contributed by atoms with E-state index in [-0.39, 0.29) is 0 Å². The van der Waals surface area contributed by atoms with Gasteiger partial charge in [-0.15, -0.1) is 0 Å². The maximum Gasteiger partial charge on any atom is 0.220 e. The third kappa shape index (κ3) is 3.19. The number of amides is 1. The van der Waals surface area contributed by atoms with Crippen molar-refractivity contribution in [1.29, 1.82) is 0 Å². The van der Waals surface area contributed by atoms with Gasteiger partial charge in [-0.3, -0.25) is 4.79 Å². The highest BCUT2D eigenvalue weighted by Crippen LogP contribution is 2.49. The van der Waals surface area contributed by atoms with Gasteiger partial charge in [-0.2, -0.15) is 0 Å². The molecule has 0 aromatic carbocycles. The fourth-order valence-corrected chi connectivity index (χ4v) is 5.05. The molecule has 0 spiro atoms. The molecule has 3 saturated carbocycles. The van der Waals surface area contributed by atoms with E-state index in [2.05, 4.69) is 5.32 Å². The van der Waals surface area contributed by atoms with Crippen LogP contribution in [0.1, 0.15) is 57.8 Å². The second-order valence-corrected chi connectivity index (χ2v) is 7.48. The SMILES string of the molecule is NCC1CCCCC1CNC(=O)CC1CC2CCC1C2. The Hall–Kier alpha value is -0.570. The summed E-state index contributed by atoms with van der Waals surface area (Å²) < 4.78 is 0. The van der Waals surface area contributed by atoms with E-state index in [9.17, 15) is 4.79 Å². The van der Waals surface area contributed by atoms with Gasteiger partial charge in [0.2, 0.25) is 5.91 Å². The molecular formula is C17H30N2O. The van der Waals surface area contributed by atoms with E-state index in [1.54, 1.807) is 0 Å². The summed E-state index contributed by atoms with van der Waals surface area (Å²) in [5, 5.41) is 3.21. The Morgan fingerprint density at radius 2 is 1.80 bits per heavy atom. The van der Waals surface area contributed by atoms with Crippen LogP contribution in [0.2, 0.25) is 0 Å². The highest BCUT2D eigenvalue weighted by molar-refractivity contribution is 5.76. The van der Waals surface area contributed by atoms with E-state index in [0.717, 1.165) is 31.3 Å². The van der Waals surface area contributed by atoms with E-state index < -0.39 is 0 Å². The van der Waals surface area contributed by atoms with E-state index in [0.29, 0.717) is 23.7 Å². The second kappa shape index (κ2) is 6.46. The van der Waals surface area contributed by atoms with Crippen molar-refractivity contribution in [1.82, 2.24) is 5.32 Å². The molecule has 20 heavy (non-hydrogen) atoms. The zero-order valence-corrected chi connectivity index (χ0v) is 12.7. The van der Waals surface area contributed by atoms with Gasteiger partial charge in [0, 0.05) is 13.0 Å². The molecule has 114 valence electrons. The van der Waals surface area contributed by atoms with Crippen molar-refractivity contribution < 1.29 is 4.79 Å². The van der Waals surface area contributed by atoms with Gasteiger partial charge in [-0.05, 0) is 68.2 Å². The van der Waals surface area contributed by atoms with Crippen molar-refractivity contribution in [2.75, 3.05) is 13.1 Å². The van der Waals surface area contributed by atoms with E-state index in [4.69, 9.17) is 5.73 Å². The largest absolute Gasteiger partial charge is 0.356 e. The van der Waals surface area contributed by atoms with Gasteiger partial charge in [0.1, 0.15) is 0 Å². The molecule has 3 aliphatic carbocycles. The minimum absolute atomic E-state index is 0.295. The predicted molar refractivity (Wildman–Crippen MR) is 81.1 cm³/mol. The molecule has 5 atom stereocenters. The third-order valence-corrected chi connectivity index (χ3v) is 6.26. The number of nitrogens with one attached hydrogen (secondary N) is 1. The maximum absolute atomic E-state index is 12.2. The molecule has 3 N–H and O–H groups in total. The smallest absolute Gasteiger partial charge is 0.220 e. The molecule has 3 nitrogen and oxygen atoms in total. The fraction of sp³-hybridized carbons (Fsp3) is 0.941. The number of hydrogen-bond acceptors (Lipinski definition) is 2. The molecule has 2 bridgehead atoms. The second-order valence-electron chi connectivity index (χ2n) is 7.48. The summed E-state index contributed by atoms with van der Waals surface area (Å²) >= 11 is 0. The summed E-state index contributed by atoms with van der Waals surface area (Å²) in [6, 6.07) is 0. The lowest BCUT2D eigenvalue weighted by Gasteiger charge is -2.31. The molecule has 3 fully saturated rings. The molecule has 0 radical (unpaired) electrons. The molecule has 0 aliphatic heterocycles. The summed E-state index contributed by atoms with van der Waals surface area (Å²) in [5.74, 6) is 4.04.